The van der Waals surface area contributed by atoms with Crippen LogP contribution in [0.1, 0.15) is 18.1 Å². The maximum absolute atomic E-state index is 12.1. The Labute approximate surface area is 114 Å². The van der Waals surface area contributed by atoms with Crippen molar-refractivity contribution in [2.75, 3.05) is 0 Å². The lowest BCUT2D eigenvalue weighted by atomic mass is 9.90. The molecule has 0 saturated heterocycles. The Morgan fingerprint density at radius 1 is 1.15 bits per heavy atom. The molecule has 106 valence electrons. The topological polar surface area (TPSA) is 118 Å². The molecule has 1 aliphatic rings. The molecule has 6 nitrogen and oxygen atoms in total. The Balaban J connectivity index is 2.29. The lowest BCUT2D eigenvalue weighted by molar-refractivity contribution is -0.157. The minimum atomic E-state index is -2.72. The van der Waals surface area contributed by atoms with Crippen molar-refractivity contribution in [3.8, 4) is 0 Å². The zero-order valence-corrected chi connectivity index (χ0v) is 10.4. The fraction of sp³-hybridized carbons (Fsp3) is 0.214. The van der Waals surface area contributed by atoms with Gasteiger partial charge in [-0.25, -0.2) is 0 Å². The number of hydrogen-bond acceptors (Lipinski definition) is 6. The molecular weight excluding hydrogens is 264 g/mol. The van der Waals surface area contributed by atoms with Gasteiger partial charge >= 0.3 is 0 Å². The van der Waals surface area contributed by atoms with E-state index in [1.54, 1.807) is 30.3 Å². The van der Waals surface area contributed by atoms with Crippen molar-refractivity contribution in [1.29, 1.82) is 0 Å². The van der Waals surface area contributed by atoms with Crippen LogP contribution in [0.4, 0.5) is 0 Å². The lowest BCUT2D eigenvalue weighted by Crippen LogP contribution is -2.36. The molecule has 0 radical (unpaired) electrons. The van der Waals surface area contributed by atoms with Crippen LogP contribution in [0.15, 0.2) is 53.5 Å². The molecule has 6 heteroatoms. The summed E-state index contributed by atoms with van der Waals surface area (Å²) < 4.78 is 0. The predicted octanol–water partition coefficient (Wildman–Crippen LogP) is 0.628. The summed E-state index contributed by atoms with van der Waals surface area (Å²) in [5, 5.41) is 47.6. The lowest BCUT2D eigenvalue weighted by Gasteiger charge is -2.26. The first kappa shape index (κ1) is 14.3. The van der Waals surface area contributed by atoms with Crippen LogP contribution < -0.4 is 0 Å². The van der Waals surface area contributed by atoms with Crippen molar-refractivity contribution in [1.82, 2.24) is 0 Å². The molecule has 2 rings (SSSR count). The van der Waals surface area contributed by atoms with Gasteiger partial charge < -0.3 is 25.5 Å². The number of benzene rings is 1. The first-order chi connectivity index (χ1) is 9.33. The molecule has 0 amide bonds. The van der Waals surface area contributed by atoms with Crippen LogP contribution in [-0.4, -0.2) is 37.1 Å². The Bertz CT molecular complexity index is 585. The summed E-state index contributed by atoms with van der Waals surface area (Å²) in [6, 6.07) is 8.10. The molecule has 0 aliphatic heterocycles. The van der Waals surface area contributed by atoms with E-state index in [1.165, 1.54) is 0 Å². The zero-order valence-electron chi connectivity index (χ0n) is 10.4. The van der Waals surface area contributed by atoms with Crippen LogP contribution in [0, 0.1) is 0 Å². The van der Waals surface area contributed by atoms with E-state index in [0.29, 0.717) is 5.56 Å². The van der Waals surface area contributed by atoms with Crippen LogP contribution in [0.2, 0.25) is 0 Å². The molecule has 1 aromatic carbocycles. The van der Waals surface area contributed by atoms with E-state index >= 15 is 0 Å². The number of aliphatic hydroxyl groups excluding tert-OH is 3. The van der Waals surface area contributed by atoms with E-state index < -0.39 is 35.6 Å². The van der Waals surface area contributed by atoms with Crippen molar-refractivity contribution in [2.45, 2.75) is 18.3 Å². The fourth-order valence-electron chi connectivity index (χ4n) is 1.96. The van der Waals surface area contributed by atoms with Gasteiger partial charge in [0.05, 0.1) is 0 Å². The molecular formula is C14H14O6. The maximum Gasteiger partial charge on any atom is 0.230 e. The molecule has 1 atom stereocenters. The fourth-order valence-corrected chi connectivity index (χ4v) is 1.96. The second-order valence-corrected chi connectivity index (χ2v) is 4.57. The zero-order chi connectivity index (χ0) is 14.9. The third kappa shape index (κ3) is 2.57. The number of carbonyl (C=O) groups excluding carboxylic acids is 1. The number of allylic oxidation sites excluding steroid dienone is 1. The molecule has 0 fully saturated rings. The van der Waals surface area contributed by atoms with Gasteiger partial charge in [-0.1, -0.05) is 30.3 Å². The van der Waals surface area contributed by atoms with Crippen molar-refractivity contribution in [3.05, 3.63) is 59.1 Å². The van der Waals surface area contributed by atoms with Gasteiger partial charge in [0, 0.05) is 12.0 Å². The quantitative estimate of drug-likeness (QED) is 0.517. The highest BCUT2D eigenvalue weighted by atomic mass is 16.5. The van der Waals surface area contributed by atoms with E-state index in [1.807, 2.05) is 0 Å². The molecule has 0 bridgehead atoms. The van der Waals surface area contributed by atoms with Crippen LogP contribution >= 0.6 is 0 Å². The summed E-state index contributed by atoms with van der Waals surface area (Å²) in [6.45, 7) is 0. The number of aliphatic hydroxyl groups is 5. The molecule has 1 aromatic rings. The van der Waals surface area contributed by atoms with Gasteiger partial charge in [0.1, 0.15) is 6.10 Å². The van der Waals surface area contributed by atoms with E-state index in [-0.39, 0.29) is 5.57 Å². The highest BCUT2D eigenvalue weighted by molar-refractivity contribution is 6.00. The van der Waals surface area contributed by atoms with Crippen molar-refractivity contribution < 1.29 is 30.3 Å². The molecule has 20 heavy (non-hydrogen) atoms. The Kier molecular flexibility index (Phi) is 3.63. The average Bonchev–Trinajstić information content (AvgIpc) is 2.43. The summed E-state index contributed by atoms with van der Waals surface area (Å²) in [5.74, 6) is -5.34. The average molecular weight is 278 g/mol. The Hall–Kier alpha value is -2.15. The predicted molar refractivity (Wildman–Crippen MR) is 68.6 cm³/mol. The Morgan fingerprint density at radius 3 is 2.30 bits per heavy atom. The van der Waals surface area contributed by atoms with Crippen LogP contribution in [-0.2, 0) is 4.79 Å². The largest absolute Gasteiger partial charge is 0.504 e. The van der Waals surface area contributed by atoms with Crippen LogP contribution in [0.25, 0.3) is 0 Å². The molecule has 5 N–H and O–H groups in total. The smallest absolute Gasteiger partial charge is 0.230 e. The molecule has 1 aliphatic carbocycles. The van der Waals surface area contributed by atoms with Gasteiger partial charge in [0.2, 0.25) is 5.79 Å². The van der Waals surface area contributed by atoms with Crippen LogP contribution in [0.3, 0.4) is 0 Å². The number of hydrogen-bond donors (Lipinski definition) is 5. The summed E-state index contributed by atoms with van der Waals surface area (Å²) in [4.78, 5) is 12.1. The highest BCUT2D eigenvalue weighted by Gasteiger charge is 2.39. The normalized spacial score (nSPS) is 19.4. The molecule has 0 heterocycles. The monoisotopic (exact) mass is 278 g/mol. The molecule has 0 saturated carbocycles. The van der Waals surface area contributed by atoms with E-state index in [2.05, 4.69) is 0 Å². The number of Topliss-reactive ketones (excluding diaryl/α,β-unsaturated/α-hetero) is 1. The van der Waals surface area contributed by atoms with Gasteiger partial charge in [0.25, 0.3) is 0 Å². The summed E-state index contributed by atoms with van der Waals surface area (Å²) in [5.41, 5.74) is 0.153. The Morgan fingerprint density at radius 2 is 1.75 bits per heavy atom. The molecule has 0 spiro atoms. The highest BCUT2D eigenvalue weighted by Crippen LogP contribution is 2.31. The minimum absolute atomic E-state index is 0.193. The summed E-state index contributed by atoms with van der Waals surface area (Å²) >= 11 is 0. The molecule has 1 unspecified atom stereocenters. The van der Waals surface area contributed by atoms with Gasteiger partial charge in [-0.2, -0.15) is 0 Å². The third-order valence-corrected chi connectivity index (χ3v) is 3.05. The minimum Gasteiger partial charge on any atom is -0.504 e. The summed E-state index contributed by atoms with van der Waals surface area (Å²) in [6.07, 6.45) is -1.19. The second-order valence-electron chi connectivity index (χ2n) is 4.57. The van der Waals surface area contributed by atoms with Crippen molar-refractivity contribution in [3.63, 3.8) is 0 Å². The van der Waals surface area contributed by atoms with Crippen LogP contribution in [0.5, 0.6) is 0 Å². The van der Waals surface area contributed by atoms with E-state index in [4.69, 9.17) is 0 Å². The number of rotatable bonds is 3. The van der Waals surface area contributed by atoms with E-state index in [9.17, 15) is 30.3 Å². The van der Waals surface area contributed by atoms with Gasteiger partial charge in [-0.3, -0.25) is 4.79 Å². The van der Waals surface area contributed by atoms with Crippen molar-refractivity contribution in [2.24, 2.45) is 0 Å². The second kappa shape index (κ2) is 5.09. The van der Waals surface area contributed by atoms with Gasteiger partial charge in [-0.05, 0) is 11.6 Å². The first-order valence-electron chi connectivity index (χ1n) is 5.88. The number of ketones is 1. The van der Waals surface area contributed by atoms with Gasteiger partial charge in [0.15, 0.2) is 17.3 Å². The molecule has 0 aromatic heterocycles. The maximum atomic E-state index is 12.1. The number of carbonyl (C=O) groups is 1. The van der Waals surface area contributed by atoms with Gasteiger partial charge in [-0.15, -0.1) is 0 Å². The first-order valence-corrected chi connectivity index (χ1v) is 5.88. The van der Waals surface area contributed by atoms with Crippen molar-refractivity contribution >= 4 is 5.78 Å². The standard InChI is InChI=1S/C14H14O6/c15-10-6-9(7-14(19,20)13(10)18)12(17)11(16)8-4-2-1-3-5-8/h1-6,11,15-16,18-20H,7H2. The van der Waals surface area contributed by atoms with E-state index in [0.717, 1.165) is 6.08 Å². The SMILES string of the molecule is O=C(C1=CC(O)=C(O)C(O)(O)C1)C(O)c1ccccc1. The summed E-state index contributed by atoms with van der Waals surface area (Å²) in [7, 11) is 0. The third-order valence-electron chi connectivity index (χ3n) is 3.05.